The van der Waals surface area contributed by atoms with Crippen molar-refractivity contribution in [2.24, 2.45) is 0 Å². The van der Waals surface area contributed by atoms with Crippen LogP contribution in [0.4, 0.5) is 0 Å². The molecule has 1 heterocycles. The molecule has 3 rings (SSSR count). The molecular formula is C21H19ClN4O3S. The molecule has 7 nitrogen and oxygen atoms in total. The summed E-state index contributed by atoms with van der Waals surface area (Å²) in [4.78, 5) is 31.7. The number of rotatable bonds is 7. The van der Waals surface area contributed by atoms with Crippen molar-refractivity contribution in [3.05, 3.63) is 57.8 Å². The summed E-state index contributed by atoms with van der Waals surface area (Å²) in [5.74, 6) is 0.416. The predicted molar refractivity (Wildman–Crippen MR) is 117 cm³/mol. The number of methoxy groups -OCH3 is 1. The number of nitrogens with zero attached hydrogens (tertiary/aromatic N) is 4. The van der Waals surface area contributed by atoms with Crippen LogP contribution in [-0.4, -0.2) is 46.8 Å². The molecule has 0 bridgehead atoms. The van der Waals surface area contributed by atoms with E-state index in [1.165, 1.54) is 16.6 Å². The normalized spacial score (nSPS) is 10.6. The molecule has 0 spiro atoms. The molecule has 0 saturated heterocycles. The van der Waals surface area contributed by atoms with Crippen LogP contribution < -0.4 is 10.3 Å². The summed E-state index contributed by atoms with van der Waals surface area (Å²) in [6, 6.07) is 14.1. The quantitative estimate of drug-likeness (QED) is 0.411. The molecule has 0 aliphatic rings. The number of para-hydroxylation sites is 1. The van der Waals surface area contributed by atoms with E-state index in [2.05, 4.69) is 4.98 Å². The third-order valence-electron chi connectivity index (χ3n) is 4.45. The Balaban J connectivity index is 2.03. The van der Waals surface area contributed by atoms with E-state index >= 15 is 0 Å². The van der Waals surface area contributed by atoms with Crippen LogP contribution in [0, 0.1) is 11.3 Å². The first kappa shape index (κ1) is 21.7. The SMILES string of the molecule is COc1ccc(-n2c(SCC(=O)N(C)CCC#N)nc3ccccc3c2=O)cc1Cl. The number of halogens is 1. The average molecular weight is 443 g/mol. The predicted octanol–water partition coefficient (Wildman–Crippen LogP) is 3.51. The summed E-state index contributed by atoms with van der Waals surface area (Å²) >= 11 is 7.43. The average Bonchev–Trinajstić information content (AvgIpc) is 2.75. The smallest absolute Gasteiger partial charge is 0.266 e. The number of carbonyl (C=O) groups is 1. The third kappa shape index (κ3) is 4.58. The summed E-state index contributed by atoms with van der Waals surface area (Å²) in [6.07, 6.45) is 0.260. The second kappa shape index (κ2) is 9.65. The maximum Gasteiger partial charge on any atom is 0.266 e. The fourth-order valence-corrected chi connectivity index (χ4v) is 4.02. The van der Waals surface area contributed by atoms with Gasteiger partial charge in [-0.2, -0.15) is 5.26 Å². The second-order valence-corrected chi connectivity index (χ2v) is 7.73. The molecule has 0 unspecified atom stereocenters. The van der Waals surface area contributed by atoms with E-state index in [1.54, 1.807) is 49.5 Å². The van der Waals surface area contributed by atoms with E-state index in [0.717, 1.165) is 11.8 Å². The van der Waals surface area contributed by atoms with E-state index in [1.807, 2.05) is 6.07 Å². The van der Waals surface area contributed by atoms with Crippen molar-refractivity contribution in [1.29, 1.82) is 5.26 Å². The number of ether oxygens (including phenoxy) is 1. The van der Waals surface area contributed by atoms with Crippen molar-refractivity contribution in [3.8, 4) is 17.5 Å². The Morgan fingerprint density at radius 3 is 2.80 bits per heavy atom. The number of aromatic nitrogens is 2. The van der Waals surface area contributed by atoms with Gasteiger partial charge in [0.15, 0.2) is 5.16 Å². The topological polar surface area (TPSA) is 88.2 Å². The lowest BCUT2D eigenvalue weighted by molar-refractivity contribution is -0.127. The van der Waals surface area contributed by atoms with Crippen LogP contribution >= 0.6 is 23.4 Å². The summed E-state index contributed by atoms with van der Waals surface area (Å²) < 4.78 is 6.64. The van der Waals surface area contributed by atoms with Gasteiger partial charge in [-0.05, 0) is 30.3 Å². The van der Waals surface area contributed by atoms with E-state index in [9.17, 15) is 9.59 Å². The zero-order valence-electron chi connectivity index (χ0n) is 16.5. The lowest BCUT2D eigenvalue weighted by Crippen LogP contribution is -2.29. The van der Waals surface area contributed by atoms with E-state index in [0.29, 0.717) is 39.1 Å². The standard InChI is InChI=1S/C21H19ClN4O3S/c1-25(11-5-10-23)19(27)13-30-21-24-17-7-4-3-6-15(17)20(28)26(21)14-8-9-18(29-2)16(22)12-14/h3-4,6-9,12H,5,11,13H2,1-2H3. The maximum atomic E-state index is 13.2. The third-order valence-corrected chi connectivity index (χ3v) is 5.67. The molecule has 0 fully saturated rings. The molecule has 154 valence electrons. The van der Waals surface area contributed by atoms with Crippen molar-refractivity contribution in [2.45, 2.75) is 11.6 Å². The van der Waals surface area contributed by atoms with Crippen molar-refractivity contribution in [1.82, 2.24) is 14.5 Å². The molecule has 0 aliphatic heterocycles. The van der Waals surface area contributed by atoms with Gasteiger partial charge in [0.05, 0.1) is 47.0 Å². The van der Waals surface area contributed by atoms with Crippen LogP contribution in [0.25, 0.3) is 16.6 Å². The molecule has 3 aromatic rings. The maximum absolute atomic E-state index is 13.2. The molecule has 0 saturated carbocycles. The Hall–Kier alpha value is -3.02. The molecule has 0 aliphatic carbocycles. The first-order valence-electron chi connectivity index (χ1n) is 9.05. The largest absolute Gasteiger partial charge is 0.495 e. The zero-order chi connectivity index (χ0) is 21.7. The van der Waals surface area contributed by atoms with Crippen LogP contribution in [0.15, 0.2) is 52.4 Å². The minimum Gasteiger partial charge on any atom is -0.495 e. The van der Waals surface area contributed by atoms with E-state index < -0.39 is 0 Å². The summed E-state index contributed by atoms with van der Waals surface area (Å²) in [5.41, 5.74) is 0.817. The molecule has 0 atom stereocenters. The van der Waals surface area contributed by atoms with Gasteiger partial charge in [0.25, 0.3) is 5.56 Å². The molecular weight excluding hydrogens is 424 g/mol. The van der Waals surface area contributed by atoms with Gasteiger partial charge in [-0.15, -0.1) is 0 Å². The highest BCUT2D eigenvalue weighted by atomic mass is 35.5. The summed E-state index contributed by atoms with van der Waals surface area (Å²) in [5, 5.41) is 9.90. The Morgan fingerprint density at radius 1 is 1.33 bits per heavy atom. The number of nitriles is 1. The van der Waals surface area contributed by atoms with Crippen molar-refractivity contribution < 1.29 is 9.53 Å². The highest BCUT2D eigenvalue weighted by Gasteiger charge is 2.17. The number of thioether (sulfide) groups is 1. The lowest BCUT2D eigenvalue weighted by Gasteiger charge is -2.17. The van der Waals surface area contributed by atoms with E-state index in [4.69, 9.17) is 21.6 Å². The Bertz CT molecular complexity index is 1190. The van der Waals surface area contributed by atoms with Crippen LogP contribution in [0.2, 0.25) is 5.02 Å². The number of carbonyl (C=O) groups excluding carboxylic acids is 1. The first-order chi connectivity index (χ1) is 14.5. The number of hydrogen-bond donors (Lipinski definition) is 0. The number of amides is 1. The lowest BCUT2D eigenvalue weighted by atomic mass is 10.2. The fraction of sp³-hybridized carbons (Fsp3) is 0.238. The van der Waals surface area contributed by atoms with Crippen molar-refractivity contribution in [3.63, 3.8) is 0 Å². The van der Waals surface area contributed by atoms with Gasteiger partial charge >= 0.3 is 0 Å². The molecule has 2 aromatic carbocycles. The van der Waals surface area contributed by atoms with Gasteiger partial charge in [-0.1, -0.05) is 35.5 Å². The van der Waals surface area contributed by atoms with Gasteiger partial charge < -0.3 is 9.64 Å². The van der Waals surface area contributed by atoms with Crippen molar-refractivity contribution in [2.75, 3.05) is 26.5 Å². The minimum atomic E-state index is -0.255. The summed E-state index contributed by atoms with van der Waals surface area (Å²) in [7, 11) is 3.16. The van der Waals surface area contributed by atoms with Gasteiger partial charge in [0.2, 0.25) is 5.91 Å². The molecule has 1 amide bonds. The first-order valence-corrected chi connectivity index (χ1v) is 10.4. The van der Waals surface area contributed by atoms with Crippen LogP contribution in [0.1, 0.15) is 6.42 Å². The van der Waals surface area contributed by atoms with Crippen molar-refractivity contribution >= 4 is 40.2 Å². The van der Waals surface area contributed by atoms with Gasteiger partial charge in [-0.25, -0.2) is 4.98 Å². The number of fused-ring (bicyclic) bond motifs is 1. The Kier molecular flexibility index (Phi) is 6.98. The van der Waals surface area contributed by atoms with Crippen LogP contribution in [0.5, 0.6) is 5.75 Å². The van der Waals surface area contributed by atoms with Gasteiger partial charge in [-0.3, -0.25) is 14.2 Å². The number of benzene rings is 2. The highest BCUT2D eigenvalue weighted by Crippen LogP contribution is 2.28. The fourth-order valence-electron chi connectivity index (χ4n) is 2.81. The highest BCUT2D eigenvalue weighted by molar-refractivity contribution is 7.99. The Morgan fingerprint density at radius 2 is 2.10 bits per heavy atom. The van der Waals surface area contributed by atoms with Crippen LogP contribution in [0.3, 0.4) is 0 Å². The van der Waals surface area contributed by atoms with E-state index in [-0.39, 0.29) is 23.6 Å². The molecule has 1 aromatic heterocycles. The molecule has 0 radical (unpaired) electrons. The summed E-state index contributed by atoms with van der Waals surface area (Å²) in [6.45, 7) is 0.349. The van der Waals surface area contributed by atoms with Gasteiger partial charge in [0, 0.05) is 13.6 Å². The molecule has 30 heavy (non-hydrogen) atoms. The molecule has 9 heteroatoms. The molecule has 0 N–H and O–H groups in total. The van der Waals surface area contributed by atoms with Crippen LogP contribution in [-0.2, 0) is 4.79 Å². The second-order valence-electron chi connectivity index (χ2n) is 6.38. The van der Waals surface area contributed by atoms with Gasteiger partial charge in [0.1, 0.15) is 5.75 Å². The number of hydrogen-bond acceptors (Lipinski definition) is 6. The monoisotopic (exact) mass is 442 g/mol. The Labute approximate surface area is 182 Å². The minimum absolute atomic E-state index is 0.0800. The zero-order valence-corrected chi connectivity index (χ0v) is 18.0.